The van der Waals surface area contributed by atoms with E-state index in [4.69, 9.17) is 0 Å². The number of hydrogen-bond acceptors (Lipinski definition) is 0. The van der Waals surface area contributed by atoms with Crippen molar-refractivity contribution in [1.29, 1.82) is 0 Å². The van der Waals surface area contributed by atoms with Crippen LogP contribution in [0.25, 0.3) is 27.6 Å². The fourth-order valence-corrected chi connectivity index (χ4v) is 4.29. The molecule has 0 atom stereocenters. The largest absolute Gasteiger partial charge is 0.350 e. The highest BCUT2D eigenvalue weighted by molar-refractivity contribution is 6.24. The quantitative estimate of drug-likeness (QED) is 0.554. The van der Waals surface area contributed by atoms with Gasteiger partial charge >= 0.3 is 0 Å². The summed E-state index contributed by atoms with van der Waals surface area (Å²) < 4.78 is 2.26. The van der Waals surface area contributed by atoms with E-state index in [0.29, 0.717) is 0 Å². The minimum atomic E-state index is 0.734. The predicted molar refractivity (Wildman–Crippen MR) is 103 cm³/mol. The van der Waals surface area contributed by atoms with Gasteiger partial charge in [0.05, 0.1) is 0 Å². The number of hydrogen-bond donors (Lipinski definition) is 0. The van der Waals surface area contributed by atoms with Gasteiger partial charge in [-0.2, -0.15) is 0 Å². The van der Waals surface area contributed by atoms with Crippen LogP contribution in [0.15, 0.2) is 60.8 Å². The number of rotatable bonds is 2. The molecular weight excluding hydrogens is 290 g/mol. The number of allylic oxidation sites excluding steroid dienone is 4. The molecule has 118 valence electrons. The zero-order valence-electron chi connectivity index (χ0n) is 14.2. The molecule has 1 heterocycles. The van der Waals surface area contributed by atoms with Crippen LogP contribution < -0.4 is 0 Å². The maximum Gasteiger partial charge on any atom is 0.0484 e. The number of nitrogens with zero attached hydrogens (tertiary/aromatic N) is 1. The molecule has 0 saturated heterocycles. The summed E-state index contributed by atoms with van der Waals surface area (Å²) in [7, 11) is 2.15. The summed E-state index contributed by atoms with van der Waals surface area (Å²) in [5, 5.41) is 1.36. The van der Waals surface area contributed by atoms with Gasteiger partial charge in [0.15, 0.2) is 0 Å². The van der Waals surface area contributed by atoms with Crippen molar-refractivity contribution in [2.24, 2.45) is 13.0 Å². The average Bonchev–Trinajstić information content (AvgIpc) is 3.33. The Labute approximate surface area is 142 Å². The molecule has 1 heteroatoms. The van der Waals surface area contributed by atoms with Gasteiger partial charge in [0.2, 0.25) is 0 Å². The Balaban J connectivity index is 1.87. The SMILES string of the molecule is C/C=C1/C(c2cn(C)c3ccccc23)=C(C2CC2)c2ccccc21. The highest BCUT2D eigenvalue weighted by atomic mass is 14.9. The second-order valence-corrected chi connectivity index (χ2v) is 6.98. The summed E-state index contributed by atoms with van der Waals surface area (Å²) in [5.41, 5.74) is 10.0. The lowest BCUT2D eigenvalue weighted by Gasteiger charge is -2.08. The average molecular weight is 311 g/mol. The molecule has 5 rings (SSSR count). The fraction of sp³-hybridized carbons (Fsp3) is 0.217. The van der Waals surface area contributed by atoms with E-state index in [1.54, 1.807) is 5.57 Å². The predicted octanol–water partition coefficient (Wildman–Crippen LogP) is 5.92. The molecule has 3 aromatic rings. The Morgan fingerprint density at radius 1 is 0.917 bits per heavy atom. The molecule has 0 aliphatic heterocycles. The number of benzene rings is 2. The van der Waals surface area contributed by atoms with E-state index in [0.717, 1.165) is 5.92 Å². The Morgan fingerprint density at radius 2 is 1.62 bits per heavy atom. The molecule has 1 fully saturated rings. The van der Waals surface area contributed by atoms with Crippen molar-refractivity contribution in [3.05, 3.63) is 77.5 Å². The Morgan fingerprint density at radius 3 is 2.38 bits per heavy atom. The molecule has 2 aliphatic rings. The first-order chi connectivity index (χ1) is 11.8. The van der Waals surface area contributed by atoms with Crippen LogP contribution in [0, 0.1) is 5.92 Å². The van der Waals surface area contributed by atoms with Crippen molar-refractivity contribution in [3.63, 3.8) is 0 Å². The van der Waals surface area contributed by atoms with Gasteiger partial charge in [0, 0.05) is 29.7 Å². The number of fused-ring (bicyclic) bond motifs is 2. The second-order valence-electron chi connectivity index (χ2n) is 6.98. The maximum atomic E-state index is 2.32. The summed E-state index contributed by atoms with van der Waals surface area (Å²) in [6, 6.07) is 17.7. The minimum absolute atomic E-state index is 0.734. The van der Waals surface area contributed by atoms with Crippen LogP contribution in [-0.4, -0.2) is 4.57 Å². The molecule has 0 radical (unpaired) electrons. The molecule has 1 saturated carbocycles. The first-order valence-electron chi connectivity index (χ1n) is 8.84. The standard InChI is InChI=1S/C23H21N/c1-3-16-17-8-4-5-10-19(17)22(15-12-13-15)23(16)20-14-24(2)21-11-7-6-9-18(20)21/h3-11,14-15H,12-13H2,1-2H3/b16-3+. The monoisotopic (exact) mass is 311 g/mol. The normalized spacial score (nSPS) is 18.7. The lowest BCUT2D eigenvalue weighted by atomic mass is 9.94. The van der Waals surface area contributed by atoms with Crippen LogP contribution in [0.3, 0.4) is 0 Å². The van der Waals surface area contributed by atoms with Crippen molar-refractivity contribution >= 4 is 27.6 Å². The highest BCUT2D eigenvalue weighted by Crippen LogP contribution is 2.56. The summed E-state index contributed by atoms with van der Waals surface area (Å²) in [4.78, 5) is 0. The van der Waals surface area contributed by atoms with Gasteiger partial charge in [-0.1, -0.05) is 48.5 Å². The first kappa shape index (κ1) is 13.9. The Hall–Kier alpha value is -2.54. The lowest BCUT2D eigenvalue weighted by molar-refractivity contribution is 0.967. The van der Waals surface area contributed by atoms with Gasteiger partial charge in [-0.05, 0) is 59.6 Å². The smallest absolute Gasteiger partial charge is 0.0484 e. The van der Waals surface area contributed by atoms with E-state index in [1.807, 2.05) is 0 Å². The zero-order valence-corrected chi connectivity index (χ0v) is 14.2. The number of aromatic nitrogens is 1. The Bertz CT molecular complexity index is 1030. The Kier molecular flexibility index (Phi) is 2.87. The highest BCUT2D eigenvalue weighted by Gasteiger charge is 2.37. The zero-order chi connectivity index (χ0) is 16.3. The van der Waals surface area contributed by atoms with Gasteiger partial charge in [-0.25, -0.2) is 0 Å². The van der Waals surface area contributed by atoms with E-state index in [1.165, 1.54) is 51.6 Å². The summed E-state index contributed by atoms with van der Waals surface area (Å²) in [5.74, 6) is 0.734. The van der Waals surface area contributed by atoms with Gasteiger partial charge in [-0.15, -0.1) is 0 Å². The summed E-state index contributed by atoms with van der Waals surface area (Å²) >= 11 is 0. The van der Waals surface area contributed by atoms with Crippen molar-refractivity contribution in [3.8, 4) is 0 Å². The van der Waals surface area contributed by atoms with Gasteiger partial charge < -0.3 is 4.57 Å². The molecule has 0 bridgehead atoms. The van der Waals surface area contributed by atoms with Crippen LogP contribution in [-0.2, 0) is 7.05 Å². The lowest BCUT2D eigenvalue weighted by Crippen LogP contribution is -1.88. The van der Waals surface area contributed by atoms with Crippen LogP contribution >= 0.6 is 0 Å². The third-order valence-corrected chi connectivity index (χ3v) is 5.49. The summed E-state index contributed by atoms with van der Waals surface area (Å²) in [6.07, 6.45) is 7.27. The van der Waals surface area contributed by atoms with E-state index < -0.39 is 0 Å². The topological polar surface area (TPSA) is 4.93 Å². The number of aryl methyl sites for hydroxylation is 1. The molecule has 2 aliphatic carbocycles. The second kappa shape index (κ2) is 4.98. The minimum Gasteiger partial charge on any atom is -0.350 e. The van der Waals surface area contributed by atoms with Crippen molar-refractivity contribution in [2.75, 3.05) is 0 Å². The molecule has 2 aromatic carbocycles. The van der Waals surface area contributed by atoms with Crippen LogP contribution in [0.1, 0.15) is 36.5 Å². The first-order valence-corrected chi connectivity index (χ1v) is 8.84. The molecular formula is C23H21N. The summed E-state index contributed by atoms with van der Waals surface area (Å²) in [6.45, 7) is 2.17. The van der Waals surface area contributed by atoms with E-state index in [2.05, 4.69) is 79.3 Å². The van der Waals surface area contributed by atoms with Crippen LogP contribution in [0.5, 0.6) is 0 Å². The van der Waals surface area contributed by atoms with E-state index in [-0.39, 0.29) is 0 Å². The maximum absolute atomic E-state index is 2.32. The molecule has 0 N–H and O–H groups in total. The molecule has 0 spiro atoms. The fourth-order valence-electron chi connectivity index (χ4n) is 4.29. The van der Waals surface area contributed by atoms with Crippen molar-refractivity contribution < 1.29 is 0 Å². The molecule has 0 unspecified atom stereocenters. The van der Waals surface area contributed by atoms with Crippen LogP contribution in [0.4, 0.5) is 0 Å². The molecule has 24 heavy (non-hydrogen) atoms. The van der Waals surface area contributed by atoms with Gasteiger partial charge in [0.25, 0.3) is 0 Å². The third-order valence-electron chi connectivity index (χ3n) is 5.49. The number of para-hydroxylation sites is 1. The van der Waals surface area contributed by atoms with E-state index in [9.17, 15) is 0 Å². The van der Waals surface area contributed by atoms with Crippen LogP contribution in [0.2, 0.25) is 0 Å². The molecule has 1 nitrogen and oxygen atoms in total. The van der Waals surface area contributed by atoms with Crippen molar-refractivity contribution in [1.82, 2.24) is 4.57 Å². The van der Waals surface area contributed by atoms with E-state index >= 15 is 0 Å². The van der Waals surface area contributed by atoms with Gasteiger partial charge in [-0.3, -0.25) is 0 Å². The third kappa shape index (κ3) is 1.81. The van der Waals surface area contributed by atoms with Gasteiger partial charge in [0.1, 0.15) is 0 Å². The molecule has 1 aromatic heterocycles. The van der Waals surface area contributed by atoms with Crippen molar-refractivity contribution in [2.45, 2.75) is 19.8 Å². The molecule has 0 amide bonds.